The van der Waals surface area contributed by atoms with Gasteiger partial charge in [0.1, 0.15) is 5.78 Å². The Morgan fingerprint density at radius 2 is 1.95 bits per heavy atom. The molecule has 3 saturated carbocycles. The number of ether oxygens (including phenoxy) is 1. The molecule has 0 N–H and O–H groups in total. The van der Waals surface area contributed by atoms with Crippen molar-refractivity contribution in [1.82, 2.24) is 0 Å². The van der Waals surface area contributed by atoms with Crippen LogP contribution < -0.4 is 0 Å². The van der Waals surface area contributed by atoms with Gasteiger partial charge in [0.15, 0.2) is 0 Å². The topological polar surface area (TPSA) is 26.3 Å². The van der Waals surface area contributed by atoms with E-state index in [1.807, 2.05) is 7.11 Å². The number of hydrogen-bond acceptors (Lipinski definition) is 2. The van der Waals surface area contributed by atoms with Crippen molar-refractivity contribution in [3.05, 3.63) is 0 Å². The summed E-state index contributed by atoms with van der Waals surface area (Å²) in [5.74, 6) is 1.81. The number of methoxy groups -OCH3 is 1. The molecular formula is C17H28O2. The van der Waals surface area contributed by atoms with Crippen molar-refractivity contribution in [1.29, 1.82) is 0 Å². The van der Waals surface area contributed by atoms with E-state index in [1.54, 1.807) is 0 Å². The van der Waals surface area contributed by atoms with Crippen LogP contribution in [0.2, 0.25) is 0 Å². The maximum atomic E-state index is 12.0. The van der Waals surface area contributed by atoms with Crippen LogP contribution in [0.1, 0.15) is 65.7 Å². The van der Waals surface area contributed by atoms with Crippen LogP contribution in [-0.4, -0.2) is 18.5 Å². The lowest BCUT2D eigenvalue weighted by molar-refractivity contribution is -0.149. The fourth-order valence-electron chi connectivity index (χ4n) is 5.71. The van der Waals surface area contributed by atoms with Crippen molar-refractivity contribution in [2.24, 2.45) is 22.7 Å². The summed E-state index contributed by atoms with van der Waals surface area (Å²) in [7, 11) is 1.83. The lowest BCUT2D eigenvalue weighted by Crippen LogP contribution is -2.51. The highest BCUT2D eigenvalue weighted by atomic mass is 16.5. The lowest BCUT2D eigenvalue weighted by Gasteiger charge is -2.50. The molecule has 0 aromatic rings. The molecule has 2 bridgehead atoms. The molecule has 3 rings (SSSR count). The third-order valence-corrected chi connectivity index (χ3v) is 7.39. The van der Waals surface area contributed by atoms with Gasteiger partial charge in [-0.1, -0.05) is 20.8 Å². The maximum Gasteiger partial charge on any atom is 0.135 e. The zero-order chi connectivity index (χ0) is 13.9. The molecular weight excluding hydrogens is 236 g/mol. The highest BCUT2D eigenvalue weighted by molar-refractivity contribution is 5.80. The first-order chi connectivity index (χ1) is 8.86. The molecule has 0 radical (unpaired) electrons. The third kappa shape index (κ3) is 1.62. The molecule has 1 unspecified atom stereocenters. The molecule has 4 atom stereocenters. The van der Waals surface area contributed by atoms with Crippen molar-refractivity contribution >= 4 is 5.78 Å². The van der Waals surface area contributed by atoms with Gasteiger partial charge in [0.2, 0.25) is 0 Å². The summed E-state index contributed by atoms with van der Waals surface area (Å²) in [6.07, 6.45) is 7.48. The summed E-state index contributed by atoms with van der Waals surface area (Å²) in [6, 6.07) is 0. The molecule has 108 valence electrons. The summed E-state index contributed by atoms with van der Waals surface area (Å²) >= 11 is 0. The Kier molecular flexibility index (Phi) is 2.91. The minimum Gasteiger partial charge on any atom is -0.377 e. The highest BCUT2D eigenvalue weighted by Crippen LogP contribution is 2.71. The molecule has 2 heteroatoms. The SMILES string of the molecule is COC1([C@@H]2C[C@H]3CC[C@]2(C)C3(C)C)CCCC(=O)C1. The molecule has 0 spiro atoms. The van der Waals surface area contributed by atoms with Gasteiger partial charge in [-0.05, 0) is 54.8 Å². The van der Waals surface area contributed by atoms with Gasteiger partial charge in [0.25, 0.3) is 0 Å². The predicted molar refractivity (Wildman–Crippen MR) is 75.9 cm³/mol. The molecule has 0 amide bonds. The van der Waals surface area contributed by atoms with Gasteiger partial charge >= 0.3 is 0 Å². The second kappa shape index (κ2) is 4.07. The molecule has 0 aromatic carbocycles. The predicted octanol–water partition coefficient (Wildman–Crippen LogP) is 3.98. The minimum atomic E-state index is -0.156. The summed E-state index contributed by atoms with van der Waals surface area (Å²) < 4.78 is 6.02. The Morgan fingerprint density at radius 1 is 1.21 bits per heavy atom. The van der Waals surface area contributed by atoms with Crippen LogP contribution in [0.5, 0.6) is 0 Å². The Morgan fingerprint density at radius 3 is 2.42 bits per heavy atom. The highest BCUT2D eigenvalue weighted by Gasteiger charge is 2.66. The first-order valence-electron chi connectivity index (χ1n) is 7.93. The fraction of sp³-hybridized carbons (Fsp3) is 0.941. The van der Waals surface area contributed by atoms with Gasteiger partial charge < -0.3 is 4.74 Å². The van der Waals surface area contributed by atoms with Gasteiger partial charge in [-0.15, -0.1) is 0 Å². The van der Waals surface area contributed by atoms with Crippen molar-refractivity contribution in [2.45, 2.75) is 71.3 Å². The Labute approximate surface area is 117 Å². The van der Waals surface area contributed by atoms with E-state index >= 15 is 0 Å². The summed E-state index contributed by atoms with van der Waals surface area (Å²) in [5, 5.41) is 0. The van der Waals surface area contributed by atoms with E-state index in [2.05, 4.69) is 20.8 Å². The summed E-state index contributed by atoms with van der Waals surface area (Å²) in [5.41, 5.74) is 0.603. The number of fused-ring (bicyclic) bond motifs is 2. The van der Waals surface area contributed by atoms with Crippen LogP contribution in [0.25, 0.3) is 0 Å². The molecule has 2 nitrogen and oxygen atoms in total. The molecule has 3 aliphatic rings. The smallest absolute Gasteiger partial charge is 0.135 e. The van der Waals surface area contributed by atoms with Crippen molar-refractivity contribution in [3.8, 4) is 0 Å². The van der Waals surface area contributed by atoms with Crippen molar-refractivity contribution < 1.29 is 9.53 Å². The molecule has 0 aromatic heterocycles. The van der Waals surface area contributed by atoms with E-state index in [9.17, 15) is 4.79 Å². The van der Waals surface area contributed by atoms with Gasteiger partial charge in [0.05, 0.1) is 5.60 Å². The minimum absolute atomic E-state index is 0.156. The molecule has 0 saturated heterocycles. The number of carbonyl (C=O) groups is 1. The van der Waals surface area contributed by atoms with Gasteiger partial charge in [-0.2, -0.15) is 0 Å². The van der Waals surface area contributed by atoms with Gasteiger partial charge in [-0.3, -0.25) is 4.79 Å². The molecule has 3 aliphatic carbocycles. The number of hydrogen-bond donors (Lipinski definition) is 0. The second-order valence-corrected chi connectivity index (χ2v) is 8.00. The van der Waals surface area contributed by atoms with E-state index in [0.29, 0.717) is 29.0 Å². The average molecular weight is 264 g/mol. The molecule has 0 aliphatic heterocycles. The van der Waals surface area contributed by atoms with E-state index in [4.69, 9.17) is 4.74 Å². The Balaban J connectivity index is 1.96. The van der Waals surface area contributed by atoms with E-state index in [-0.39, 0.29) is 5.60 Å². The van der Waals surface area contributed by atoms with E-state index < -0.39 is 0 Å². The quantitative estimate of drug-likeness (QED) is 0.754. The average Bonchev–Trinajstić information content (AvgIpc) is 2.71. The number of Topliss-reactive ketones (excluding diaryl/α,β-unsaturated/α-hetero) is 1. The van der Waals surface area contributed by atoms with Gasteiger partial charge in [-0.25, -0.2) is 0 Å². The Bertz CT molecular complexity index is 400. The molecule has 0 heterocycles. The van der Waals surface area contributed by atoms with Gasteiger partial charge in [0, 0.05) is 20.0 Å². The van der Waals surface area contributed by atoms with Crippen LogP contribution in [0.15, 0.2) is 0 Å². The van der Waals surface area contributed by atoms with E-state index in [0.717, 1.165) is 25.2 Å². The molecule has 19 heavy (non-hydrogen) atoms. The zero-order valence-corrected chi connectivity index (χ0v) is 12.9. The molecule has 3 fully saturated rings. The first kappa shape index (κ1) is 13.6. The second-order valence-electron chi connectivity index (χ2n) is 8.00. The lowest BCUT2D eigenvalue weighted by atomic mass is 9.59. The Hall–Kier alpha value is -0.370. The van der Waals surface area contributed by atoms with Crippen molar-refractivity contribution in [3.63, 3.8) is 0 Å². The normalized spacial score (nSPS) is 48.7. The third-order valence-electron chi connectivity index (χ3n) is 7.39. The monoisotopic (exact) mass is 264 g/mol. The number of ketones is 1. The standard InChI is InChI=1S/C17H28O2/c1-15(2)12-7-9-16(15,3)14(10-12)17(19-4)8-5-6-13(18)11-17/h12,14H,5-11H2,1-4H3/t12-,14-,16+,17?/m1/s1. The van der Waals surface area contributed by atoms with Crippen LogP contribution in [0.4, 0.5) is 0 Å². The largest absolute Gasteiger partial charge is 0.377 e. The zero-order valence-electron chi connectivity index (χ0n) is 12.9. The van der Waals surface area contributed by atoms with Crippen LogP contribution in [-0.2, 0) is 9.53 Å². The number of carbonyl (C=O) groups excluding carboxylic acids is 1. The summed E-state index contributed by atoms with van der Waals surface area (Å²) in [6.45, 7) is 7.35. The van der Waals surface area contributed by atoms with Crippen LogP contribution in [0.3, 0.4) is 0 Å². The first-order valence-corrected chi connectivity index (χ1v) is 7.93. The summed E-state index contributed by atoms with van der Waals surface area (Å²) in [4.78, 5) is 12.0. The van der Waals surface area contributed by atoms with Crippen molar-refractivity contribution in [2.75, 3.05) is 7.11 Å². The maximum absolute atomic E-state index is 12.0. The fourth-order valence-corrected chi connectivity index (χ4v) is 5.71. The van der Waals surface area contributed by atoms with Crippen LogP contribution in [0, 0.1) is 22.7 Å². The van der Waals surface area contributed by atoms with Crippen LogP contribution >= 0.6 is 0 Å². The van der Waals surface area contributed by atoms with E-state index in [1.165, 1.54) is 19.3 Å². The number of rotatable bonds is 2.